The lowest BCUT2D eigenvalue weighted by Crippen LogP contribution is -2.33. The quantitative estimate of drug-likeness (QED) is 0.163. The van der Waals surface area contributed by atoms with Gasteiger partial charge in [0.25, 0.3) is 0 Å². The lowest BCUT2D eigenvalue weighted by atomic mass is 9.99. The molecule has 9 heteroatoms. The molecule has 1 aromatic heterocycles. The molecule has 4 aromatic carbocycles. The Balaban J connectivity index is 1.65. The Morgan fingerprint density at radius 1 is 0.791 bits per heavy atom. The molecular weight excluding hydrogens is 568 g/mol. The van der Waals surface area contributed by atoms with Gasteiger partial charge in [-0.3, -0.25) is 9.59 Å². The number of carbonyl (C=O) groups is 2. The van der Waals surface area contributed by atoms with Gasteiger partial charge in [0.15, 0.2) is 0 Å². The summed E-state index contributed by atoms with van der Waals surface area (Å²) in [5.74, 6) is 0.411. The van der Waals surface area contributed by atoms with Crippen LogP contribution in [0.25, 0.3) is 22.4 Å². The minimum atomic E-state index is -0.520. The zero-order valence-electron chi connectivity index (χ0n) is 23.9. The molecule has 1 heterocycles. The van der Waals surface area contributed by atoms with Crippen molar-refractivity contribution in [2.24, 2.45) is 0 Å². The van der Waals surface area contributed by atoms with E-state index in [1.807, 2.05) is 60.7 Å². The molecule has 0 saturated heterocycles. The van der Waals surface area contributed by atoms with Crippen LogP contribution in [-0.2, 0) is 22.8 Å². The fraction of sp³-hybridized carbons (Fsp3) is 0.147. The fourth-order valence-electron chi connectivity index (χ4n) is 4.56. The zero-order chi connectivity index (χ0) is 30.3. The van der Waals surface area contributed by atoms with Crippen molar-refractivity contribution in [1.82, 2.24) is 5.16 Å². The first kappa shape index (κ1) is 29.4. The number of halogens is 1. The van der Waals surface area contributed by atoms with Crippen molar-refractivity contribution in [1.29, 1.82) is 0 Å². The molecule has 0 saturated carbocycles. The van der Waals surface area contributed by atoms with Gasteiger partial charge in [0.1, 0.15) is 36.2 Å². The van der Waals surface area contributed by atoms with Crippen LogP contribution in [-0.4, -0.2) is 24.1 Å². The van der Waals surface area contributed by atoms with E-state index in [1.54, 1.807) is 43.5 Å². The van der Waals surface area contributed by atoms with Crippen molar-refractivity contribution in [3.05, 3.63) is 113 Å². The number of aromatic nitrogens is 1. The van der Waals surface area contributed by atoms with Crippen LogP contribution in [0, 0.1) is 0 Å². The SMILES string of the molecule is COc1ccc(-c2c(-c3cc(Cl)c(OCc4ccccc4)cc3OCc3ccccc3)noc2N(C(C)=O)C(C)=O)cc1. The van der Waals surface area contributed by atoms with Crippen molar-refractivity contribution in [2.45, 2.75) is 27.1 Å². The summed E-state index contributed by atoms with van der Waals surface area (Å²) in [7, 11) is 1.57. The second-order valence-electron chi connectivity index (χ2n) is 9.64. The number of ether oxygens (including phenoxy) is 3. The zero-order valence-corrected chi connectivity index (χ0v) is 24.6. The maximum Gasteiger partial charge on any atom is 0.249 e. The third kappa shape index (κ3) is 6.71. The summed E-state index contributed by atoms with van der Waals surface area (Å²) in [5, 5.41) is 4.66. The number of hydrogen-bond donors (Lipinski definition) is 0. The summed E-state index contributed by atoms with van der Waals surface area (Å²) in [5.41, 5.74) is 3.78. The van der Waals surface area contributed by atoms with E-state index in [9.17, 15) is 9.59 Å². The maximum atomic E-state index is 12.6. The van der Waals surface area contributed by atoms with Gasteiger partial charge >= 0.3 is 0 Å². The topological polar surface area (TPSA) is 91.1 Å². The third-order valence-corrected chi connectivity index (χ3v) is 6.94. The average Bonchev–Trinajstić information content (AvgIpc) is 3.44. The molecule has 2 amide bonds. The Morgan fingerprint density at radius 3 is 1.88 bits per heavy atom. The van der Waals surface area contributed by atoms with E-state index < -0.39 is 11.8 Å². The molecule has 0 aliphatic heterocycles. The van der Waals surface area contributed by atoms with E-state index in [4.69, 9.17) is 30.3 Å². The first-order valence-electron chi connectivity index (χ1n) is 13.5. The van der Waals surface area contributed by atoms with Crippen LogP contribution in [0.3, 0.4) is 0 Å². The minimum Gasteiger partial charge on any atom is -0.497 e. The molecule has 8 nitrogen and oxygen atoms in total. The summed E-state index contributed by atoms with van der Waals surface area (Å²) in [6.45, 7) is 3.12. The predicted octanol–water partition coefficient (Wildman–Crippen LogP) is 7.73. The first-order chi connectivity index (χ1) is 20.9. The molecule has 0 bridgehead atoms. The molecule has 218 valence electrons. The largest absolute Gasteiger partial charge is 0.497 e. The van der Waals surface area contributed by atoms with Gasteiger partial charge in [-0.15, -0.1) is 0 Å². The molecule has 0 spiro atoms. The van der Waals surface area contributed by atoms with Gasteiger partial charge in [-0.2, -0.15) is 0 Å². The molecule has 0 atom stereocenters. The van der Waals surface area contributed by atoms with E-state index in [2.05, 4.69) is 5.16 Å². The number of carbonyl (C=O) groups excluding carboxylic acids is 2. The summed E-state index contributed by atoms with van der Waals surface area (Å²) in [6, 6.07) is 29.9. The van der Waals surface area contributed by atoms with Crippen LogP contribution in [0.15, 0.2) is 102 Å². The Morgan fingerprint density at radius 2 is 1.35 bits per heavy atom. The molecule has 5 rings (SSSR count). The van der Waals surface area contributed by atoms with Crippen molar-refractivity contribution in [3.63, 3.8) is 0 Å². The van der Waals surface area contributed by atoms with Crippen LogP contribution >= 0.6 is 11.6 Å². The van der Waals surface area contributed by atoms with E-state index in [0.29, 0.717) is 51.3 Å². The summed E-state index contributed by atoms with van der Waals surface area (Å²) >= 11 is 6.77. The summed E-state index contributed by atoms with van der Waals surface area (Å²) in [4.78, 5) is 26.1. The normalized spacial score (nSPS) is 10.7. The number of methoxy groups -OCH3 is 1. The van der Waals surface area contributed by atoms with E-state index in [-0.39, 0.29) is 12.5 Å². The van der Waals surface area contributed by atoms with E-state index in [0.717, 1.165) is 16.0 Å². The molecule has 0 radical (unpaired) electrons. The smallest absolute Gasteiger partial charge is 0.249 e. The van der Waals surface area contributed by atoms with E-state index in [1.165, 1.54) is 13.8 Å². The Hall–Kier alpha value is -5.08. The number of benzene rings is 4. The number of imide groups is 1. The van der Waals surface area contributed by atoms with Crippen molar-refractivity contribution < 1.29 is 28.3 Å². The Kier molecular flexibility index (Phi) is 9.08. The van der Waals surface area contributed by atoms with Gasteiger partial charge in [-0.1, -0.05) is 89.6 Å². The molecular formula is C34H29ClN2O6. The highest BCUT2D eigenvalue weighted by Gasteiger charge is 2.30. The number of hydrogen-bond acceptors (Lipinski definition) is 7. The lowest BCUT2D eigenvalue weighted by Gasteiger charge is -2.17. The van der Waals surface area contributed by atoms with Crippen LogP contribution in [0.1, 0.15) is 25.0 Å². The van der Waals surface area contributed by atoms with Gasteiger partial charge in [0.05, 0.1) is 17.7 Å². The minimum absolute atomic E-state index is 0.0188. The predicted molar refractivity (Wildman–Crippen MR) is 164 cm³/mol. The van der Waals surface area contributed by atoms with Crippen LogP contribution in [0.4, 0.5) is 5.88 Å². The van der Waals surface area contributed by atoms with Crippen LogP contribution in [0.2, 0.25) is 5.02 Å². The lowest BCUT2D eigenvalue weighted by molar-refractivity contribution is -0.124. The van der Waals surface area contributed by atoms with Gasteiger partial charge in [0.2, 0.25) is 17.7 Å². The van der Waals surface area contributed by atoms with Crippen LogP contribution < -0.4 is 19.1 Å². The third-order valence-electron chi connectivity index (χ3n) is 6.65. The second-order valence-corrected chi connectivity index (χ2v) is 10.0. The molecule has 0 aliphatic rings. The molecule has 0 N–H and O–H groups in total. The number of nitrogens with zero attached hydrogens (tertiary/aromatic N) is 2. The molecule has 5 aromatic rings. The highest BCUT2D eigenvalue weighted by atomic mass is 35.5. The second kappa shape index (κ2) is 13.3. The van der Waals surface area contributed by atoms with Crippen LogP contribution in [0.5, 0.6) is 17.2 Å². The number of amides is 2. The summed E-state index contributed by atoms with van der Waals surface area (Å²) in [6.07, 6.45) is 0. The van der Waals surface area contributed by atoms with Crippen molar-refractivity contribution in [2.75, 3.05) is 12.0 Å². The van der Waals surface area contributed by atoms with Gasteiger partial charge in [-0.25, -0.2) is 4.90 Å². The summed E-state index contributed by atoms with van der Waals surface area (Å²) < 4.78 is 23.5. The number of rotatable bonds is 10. The van der Waals surface area contributed by atoms with Gasteiger partial charge < -0.3 is 18.7 Å². The molecule has 0 unspecified atom stereocenters. The van der Waals surface area contributed by atoms with Gasteiger partial charge in [0, 0.05) is 25.5 Å². The average molecular weight is 597 g/mol. The maximum absolute atomic E-state index is 12.6. The molecule has 0 aliphatic carbocycles. The Labute approximate surface area is 254 Å². The molecule has 0 fully saturated rings. The van der Waals surface area contributed by atoms with E-state index >= 15 is 0 Å². The standard InChI is InChI=1S/C34H29ClN2O6/c1-22(38)37(23(2)39)34-32(26-14-16-27(40-3)17-15-26)33(36-43-34)28-18-29(35)31(42-21-25-12-8-5-9-13-25)19-30(28)41-20-24-10-6-4-7-11-24/h4-19H,20-21H2,1-3H3. The fourth-order valence-corrected chi connectivity index (χ4v) is 4.78. The Bertz CT molecular complexity index is 1710. The number of anilines is 1. The highest BCUT2D eigenvalue weighted by Crippen LogP contribution is 2.46. The molecule has 43 heavy (non-hydrogen) atoms. The highest BCUT2D eigenvalue weighted by molar-refractivity contribution is 6.32. The van der Waals surface area contributed by atoms with Crippen molar-refractivity contribution >= 4 is 29.3 Å². The van der Waals surface area contributed by atoms with Gasteiger partial charge in [-0.05, 0) is 34.9 Å². The monoisotopic (exact) mass is 596 g/mol. The van der Waals surface area contributed by atoms with Crippen molar-refractivity contribution in [3.8, 4) is 39.6 Å². The first-order valence-corrected chi connectivity index (χ1v) is 13.9.